The number of ether oxygens (including phenoxy) is 2. The predicted octanol–water partition coefficient (Wildman–Crippen LogP) is 8.27. The monoisotopic (exact) mass is 871 g/mol. The summed E-state index contributed by atoms with van der Waals surface area (Å²) in [6, 6.07) is 0. The highest BCUT2D eigenvalue weighted by Crippen LogP contribution is 2.43. The Bertz CT molecular complexity index is 1300. The largest absolute Gasteiger partial charge is 0.472 e. The van der Waals surface area contributed by atoms with Gasteiger partial charge >= 0.3 is 19.8 Å². The average Bonchev–Trinajstić information content (AvgIpc) is 3.49. The number of hydrogen-bond acceptors (Lipinski definition) is 12. The van der Waals surface area contributed by atoms with Crippen molar-refractivity contribution in [2.24, 2.45) is 11.8 Å². The van der Waals surface area contributed by atoms with Crippen molar-refractivity contribution in [3.8, 4) is 0 Å². The second kappa shape index (κ2) is 36.1. The fourth-order valence-electron chi connectivity index (χ4n) is 6.65. The molecule has 13 nitrogen and oxygen atoms in total. The molecule has 1 saturated carbocycles. The van der Waals surface area contributed by atoms with Crippen LogP contribution < -0.4 is 0 Å². The zero-order valence-electron chi connectivity index (χ0n) is 36.5. The van der Waals surface area contributed by atoms with E-state index in [2.05, 4.69) is 42.7 Å². The van der Waals surface area contributed by atoms with Crippen molar-refractivity contribution in [1.82, 2.24) is 0 Å². The molecule has 0 bridgehead atoms. The maximum absolute atomic E-state index is 12.6. The summed E-state index contributed by atoms with van der Waals surface area (Å²) in [4.78, 5) is 35.2. The third-order valence-corrected chi connectivity index (χ3v) is 11.2. The number of hydrogen-bond donors (Lipinski definition) is 6. The number of esters is 2. The van der Waals surface area contributed by atoms with E-state index in [1.165, 1.54) is 38.5 Å². The van der Waals surface area contributed by atoms with Crippen LogP contribution >= 0.6 is 7.82 Å². The molecule has 14 heteroatoms. The van der Waals surface area contributed by atoms with Crippen LogP contribution in [0.2, 0.25) is 0 Å². The van der Waals surface area contributed by atoms with Crippen LogP contribution in [0.15, 0.2) is 60.8 Å². The number of rotatable bonds is 37. The fraction of sp³-hybridized carbons (Fsp3) is 0.739. The van der Waals surface area contributed by atoms with Gasteiger partial charge in [0.15, 0.2) is 6.10 Å². The van der Waals surface area contributed by atoms with Gasteiger partial charge in [-0.3, -0.25) is 18.6 Å². The number of carbonyl (C=O) groups is 2. The first-order chi connectivity index (χ1) is 28.9. The molecular weight excluding hydrogens is 791 g/mol. The van der Waals surface area contributed by atoms with E-state index in [1.807, 2.05) is 30.4 Å². The van der Waals surface area contributed by atoms with Gasteiger partial charge in [-0.1, -0.05) is 126 Å². The van der Waals surface area contributed by atoms with Crippen molar-refractivity contribution in [2.45, 2.75) is 179 Å². The molecule has 0 heterocycles. The molecule has 0 spiro atoms. The average molecular weight is 871 g/mol. The quantitative estimate of drug-likeness (QED) is 0.0151. The van der Waals surface area contributed by atoms with Gasteiger partial charge in [0.1, 0.15) is 12.7 Å². The standard InChI is InChI=1S/C46H79O13P/c1-3-5-7-8-9-10-11-12-13-14-15-16-17-18-19-20-26-30-46(53)59-40(37-58-60(54,55)57-35-39(49)34-47)36-56-45(52)29-25-22-21-24-28-41-42(44(51)33-43(41)50)32-31-38(48)27-23-6-4-2/h12-13,15-16,18-19,21,24,31-32,38-44,47-51H,3-11,14,17,20,22-23,25-30,33-37H2,1-2H3,(H,54,55)/b13-12-,16-15-,19-18-,24-21+,32-31+/t38-,39-,40+,41+,42+,43-,44+/m0/s1. The summed E-state index contributed by atoms with van der Waals surface area (Å²) in [5.41, 5.74) is 0. The molecule has 0 aliphatic heterocycles. The molecule has 0 aromatic heterocycles. The number of allylic oxidation sites excluding steroid dienone is 8. The maximum Gasteiger partial charge on any atom is 0.472 e. The van der Waals surface area contributed by atoms with Crippen LogP contribution in [0, 0.1) is 11.8 Å². The molecule has 0 amide bonds. The molecular formula is C46H79O13P. The van der Waals surface area contributed by atoms with E-state index in [0.717, 1.165) is 38.5 Å². The highest BCUT2D eigenvalue weighted by Gasteiger charge is 2.39. The summed E-state index contributed by atoms with van der Waals surface area (Å²) < 4.78 is 32.6. The van der Waals surface area contributed by atoms with E-state index in [0.29, 0.717) is 38.5 Å². The molecule has 0 radical (unpaired) electrons. The Labute approximate surface area is 360 Å². The SMILES string of the molecule is CCCCCCCC/C=C\C/C=C\C/C=C\CCCC(=O)O[C@H](COC(=O)CCC/C=C/C[C@@H]1[C@@H](/C=C/[C@@H](O)CCCCC)[C@H](O)C[C@@H]1O)COP(=O)(O)OC[C@@H](O)CO. The van der Waals surface area contributed by atoms with Gasteiger partial charge in [0.05, 0.1) is 38.1 Å². The minimum atomic E-state index is -4.70. The number of carbonyl (C=O) groups excluding carboxylic acids is 2. The Kier molecular flexibility index (Phi) is 33.4. The van der Waals surface area contributed by atoms with E-state index >= 15 is 0 Å². The van der Waals surface area contributed by atoms with E-state index in [9.17, 15) is 39.5 Å². The lowest BCUT2D eigenvalue weighted by Gasteiger charge is -2.20. The number of unbranched alkanes of at least 4 members (excludes halogenated alkanes) is 10. The van der Waals surface area contributed by atoms with Crippen LogP contribution in [0.1, 0.15) is 149 Å². The van der Waals surface area contributed by atoms with E-state index in [-0.39, 0.29) is 31.1 Å². The van der Waals surface area contributed by atoms with E-state index < -0.39 is 76.7 Å². The predicted molar refractivity (Wildman–Crippen MR) is 235 cm³/mol. The zero-order chi connectivity index (χ0) is 44.3. The minimum Gasteiger partial charge on any atom is -0.462 e. The smallest absolute Gasteiger partial charge is 0.462 e. The molecule has 346 valence electrons. The normalized spacial score (nSPS) is 21.1. The molecule has 1 aliphatic rings. The van der Waals surface area contributed by atoms with Crippen molar-refractivity contribution >= 4 is 19.8 Å². The summed E-state index contributed by atoms with van der Waals surface area (Å²) in [5, 5.41) is 49.7. The van der Waals surface area contributed by atoms with Crippen LogP contribution in [0.25, 0.3) is 0 Å². The summed E-state index contributed by atoms with van der Waals surface area (Å²) in [7, 11) is -4.70. The van der Waals surface area contributed by atoms with Crippen molar-refractivity contribution in [2.75, 3.05) is 26.4 Å². The van der Waals surface area contributed by atoms with Crippen LogP contribution in [0.3, 0.4) is 0 Å². The van der Waals surface area contributed by atoms with Gasteiger partial charge in [0.2, 0.25) is 0 Å². The molecule has 0 saturated heterocycles. The van der Waals surface area contributed by atoms with Crippen molar-refractivity contribution in [3.05, 3.63) is 60.8 Å². The summed E-state index contributed by atoms with van der Waals surface area (Å²) in [5.74, 6) is -1.63. The number of phosphoric acid groups is 1. The van der Waals surface area contributed by atoms with Gasteiger partial charge < -0.3 is 39.9 Å². The first-order valence-electron chi connectivity index (χ1n) is 22.5. The van der Waals surface area contributed by atoms with Crippen LogP contribution in [0.5, 0.6) is 0 Å². The Hall–Kier alpha value is -2.45. The summed E-state index contributed by atoms with van der Waals surface area (Å²) >= 11 is 0. The van der Waals surface area contributed by atoms with Crippen molar-refractivity contribution in [1.29, 1.82) is 0 Å². The molecule has 8 atom stereocenters. The zero-order valence-corrected chi connectivity index (χ0v) is 37.4. The van der Waals surface area contributed by atoms with Crippen molar-refractivity contribution < 1.29 is 63.1 Å². The fourth-order valence-corrected chi connectivity index (χ4v) is 7.44. The Morgan fingerprint density at radius 3 is 1.93 bits per heavy atom. The number of aliphatic hydroxyl groups is 5. The van der Waals surface area contributed by atoms with Gasteiger partial charge in [-0.05, 0) is 70.1 Å². The Morgan fingerprint density at radius 1 is 0.700 bits per heavy atom. The number of aliphatic hydroxyl groups excluding tert-OH is 5. The Morgan fingerprint density at radius 2 is 1.27 bits per heavy atom. The molecule has 1 unspecified atom stereocenters. The Balaban J connectivity index is 2.50. The molecule has 1 fully saturated rings. The van der Waals surface area contributed by atoms with Gasteiger partial charge in [-0.15, -0.1) is 0 Å². The second-order valence-corrected chi connectivity index (χ2v) is 17.1. The molecule has 0 aromatic rings. The van der Waals surface area contributed by atoms with E-state index in [1.54, 1.807) is 6.08 Å². The molecule has 60 heavy (non-hydrogen) atoms. The molecule has 0 aromatic carbocycles. The number of phosphoric ester groups is 1. The first-order valence-corrected chi connectivity index (χ1v) is 24.0. The van der Waals surface area contributed by atoms with Gasteiger partial charge in [0.25, 0.3) is 0 Å². The highest BCUT2D eigenvalue weighted by molar-refractivity contribution is 7.47. The maximum atomic E-state index is 12.6. The molecule has 1 aliphatic carbocycles. The molecule has 6 N–H and O–H groups in total. The third kappa shape index (κ3) is 29.7. The lowest BCUT2D eigenvalue weighted by atomic mass is 9.89. The topological polar surface area (TPSA) is 210 Å². The van der Waals surface area contributed by atoms with Crippen LogP contribution in [-0.2, 0) is 32.7 Å². The molecule has 1 rings (SSSR count). The minimum absolute atomic E-state index is 0.0516. The van der Waals surface area contributed by atoms with Gasteiger partial charge in [-0.2, -0.15) is 0 Å². The third-order valence-electron chi connectivity index (χ3n) is 10.2. The van der Waals surface area contributed by atoms with Gasteiger partial charge in [-0.25, -0.2) is 4.57 Å². The van der Waals surface area contributed by atoms with Crippen LogP contribution in [0.4, 0.5) is 0 Å². The van der Waals surface area contributed by atoms with Crippen LogP contribution in [-0.4, -0.2) is 99.3 Å². The van der Waals surface area contributed by atoms with Gasteiger partial charge in [0, 0.05) is 25.2 Å². The van der Waals surface area contributed by atoms with E-state index in [4.69, 9.17) is 19.1 Å². The second-order valence-electron chi connectivity index (χ2n) is 15.7. The highest BCUT2D eigenvalue weighted by atomic mass is 31.2. The summed E-state index contributed by atoms with van der Waals surface area (Å²) in [6.45, 7) is 1.93. The lowest BCUT2D eigenvalue weighted by molar-refractivity contribution is -0.161. The lowest BCUT2D eigenvalue weighted by Crippen LogP contribution is -2.29. The van der Waals surface area contributed by atoms with Crippen molar-refractivity contribution in [3.63, 3.8) is 0 Å². The first kappa shape index (κ1) is 55.6. The summed E-state index contributed by atoms with van der Waals surface area (Å²) in [6.07, 6.45) is 32.9.